The van der Waals surface area contributed by atoms with Gasteiger partial charge in [0, 0.05) is 5.41 Å². The summed E-state index contributed by atoms with van der Waals surface area (Å²) in [4.78, 5) is 0. The molecule has 1 heteroatoms. The highest BCUT2D eigenvalue weighted by Gasteiger charge is 2.48. The number of aliphatic hydroxyl groups excluding tert-OH is 1. The first-order valence-corrected chi connectivity index (χ1v) is 7.54. The molecule has 2 aromatic rings. The minimum absolute atomic E-state index is 0.0592. The summed E-state index contributed by atoms with van der Waals surface area (Å²) < 4.78 is 0. The zero-order chi connectivity index (χ0) is 13.7. The molecule has 0 heterocycles. The van der Waals surface area contributed by atoms with Gasteiger partial charge in [0.15, 0.2) is 0 Å². The maximum atomic E-state index is 10.9. The summed E-state index contributed by atoms with van der Waals surface area (Å²) in [7, 11) is 0. The lowest BCUT2D eigenvalue weighted by Gasteiger charge is -2.35. The monoisotopic (exact) mass is 264 g/mol. The van der Waals surface area contributed by atoms with Gasteiger partial charge < -0.3 is 5.11 Å². The Kier molecular flexibility index (Phi) is 2.55. The van der Waals surface area contributed by atoms with Gasteiger partial charge in [0.05, 0.1) is 6.10 Å². The Bertz CT molecular complexity index is 660. The molecule has 0 aromatic heterocycles. The van der Waals surface area contributed by atoms with Crippen molar-refractivity contribution < 1.29 is 5.11 Å². The number of fused-ring (bicyclic) bond motifs is 2. The molecule has 2 aromatic carbocycles. The highest BCUT2D eigenvalue weighted by Crippen LogP contribution is 2.57. The summed E-state index contributed by atoms with van der Waals surface area (Å²) in [6.07, 6.45) is 2.97. The summed E-state index contributed by atoms with van der Waals surface area (Å²) in [5.74, 6) is 0.473. The molecule has 1 N–H and O–H groups in total. The molecule has 0 aliphatic heterocycles. The van der Waals surface area contributed by atoms with E-state index in [2.05, 4.69) is 49.4 Å². The molecule has 2 aliphatic rings. The first-order chi connectivity index (χ1) is 9.70. The van der Waals surface area contributed by atoms with Gasteiger partial charge >= 0.3 is 0 Å². The van der Waals surface area contributed by atoms with E-state index in [1.165, 1.54) is 23.1 Å². The Balaban J connectivity index is 1.78. The van der Waals surface area contributed by atoms with Crippen molar-refractivity contribution in [2.75, 3.05) is 0 Å². The number of hydrogen-bond donors (Lipinski definition) is 1. The molecule has 102 valence electrons. The molecule has 0 fully saturated rings. The van der Waals surface area contributed by atoms with Crippen molar-refractivity contribution in [1.82, 2.24) is 0 Å². The van der Waals surface area contributed by atoms with Crippen molar-refractivity contribution in [2.24, 2.45) is 5.41 Å². The fourth-order valence-electron chi connectivity index (χ4n) is 4.38. The lowest BCUT2D eigenvalue weighted by atomic mass is 9.70. The third-order valence-corrected chi connectivity index (χ3v) is 5.47. The topological polar surface area (TPSA) is 20.2 Å². The van der Waals surface area contributed by atoms with E-state index in [9.17, 15) is 5.11 Å². The van der Waals surface area contributed by atoms with Gasteiger partial charge in [-0.3, -0.25) is 0 Å². The molecule has 3 unspecified atom stereocenters. The molecular formula is C19H20O. The molecule has 0 saturated carbocycles. The van der Waals surface area contributed by atoms with Crippen molar-refractivity contribution in [1.29, 1.82) is 0 Å². The Morgan fingerprint density at radius 1 is 0.950 bits per heavy atom. The van der Waals surface area contributed by atoms with E-state index in [0.29, 0.717) is 5.92 Å². The van der Waals surface area contributed by atoms with Crippen molar-refractivity contribution in [3.05, 3.63) is 70.8 Å². The van der Waals surface area contributed by atoms with Crippen LogP contribution in [-0.2, 0) is 12.8 Å². The van der Waals surface area contributed by atoms with Crippen molar-refractivity contribution >= 4 is 0 Å². The van der Waals surface area contributed by atoms with Gasteiger partial charge in [0.1, 0.15) is 0 Å². The summed E-state index contributed by atoms with van der Waals surface area (Å²) in [5, 5.41) is 10.9. The number of benzene rings is 2. The van der Waals surface area contributed by atoms with Gasteiger partial charge in [-0.1, -0.05) is 55.5 Å². The molecule has 0 amide bonds. The fraction of sp³-hybridized carbons (Fsp3) is 0.368. The van der Waals surface area contributed by atoms with Gasteiger partial charge in [-0.15, -0.1) is 0 Å². The van der Waals surface area contributed by atoms with Crippen LogP contribution in [0.4, 0.5) is 0 Å². The zero-order valence-electron chi connectivity index (χ0n) is 11.8. The van der Waals surface area contributed by atoms with E-state index < -0.39 is 0 Å². The van der Waals surface area contributed by atoms with E-state index in [1.54, 1.807) is 0 Å². The second-order valence-electron chi connectivity index (χ2n) is 6.57. The van der Waals surface area contributed by atoms with E-state index in [0.717, 1.165) is 18.4 Å². The fourth-order valence-corrected chi connectivity index (χ4v) is 4.38. The first-order valence-electron chi connectivity index (χ1n) is 7.54. The lowest BCUT2D eigenvalue weighted by Crippen LogP contribution is -2.29. The molecule has 1 nitrogen and oxygen atoms in total. The van der Waals surface area contributed by atoms with Crippen LogP contribution in [0.25, 0.3) is 0 Å². The Morgan fingerprint density at radius 2 is 1.60 bits per heavy atom. The molecular weight excluding hydrogens is 244 g/mol. The molecule has 0 spiro atoms. The predicted octanol–water partition coefficient (Wildman–Crippen LogP) is 4.01. The molecule has 0 radical (unpaired) electrons. The van der Waals surface area contributed by atoms with E-state index in [4.69, 9.17) is 0 Å². The smallest absolute Gasteiger partial charge is 0.0855 e. The van der Waals surface area contributed by atoms with Crippen LogP contribution in [0, 0.1) is 5.41 Å². The third-order valence-electron chi connectivity index (χ3n) is 5.47. The van der Waals surface area contributed by atoms with Gasteiger partial charge in [0.2, 0.25) is 0 Å². The van der Waals surface area contributed by atoms with E-state index in [-0.39, 0.29) is 11.5 Å². The molecule has 4 rings (SSSR count). The van der Waals surface area contributed by atoms with E-state index >= 15 is 0 Å². The minimum Gasteiger partial charge on any atom is -0.388 e. The van der Waals surface area contributed by atoms with Crippen LogP contribution in [0.15, 0.2) is 48.5 Å². The van der Waals surface area contributed by atoms with Gasteiger partial charge in [0.25, 0.3) is 0 Å². The van der Waals surface area contributed by atoms with Crippen LogP contribution in [0.3, 0.4) is 0 Å². The predicted molar refractivity (Wildman–Crippen MR) is 80.7 cm³/mol. The normalized spacial score (nSPS) is 31.1. The van der Waals surface area contributed by atoms with Gasteiger partial charge in [-0.25, -0.2) is 0 Å². The quantitative estimate of drug-likeness (QED) is 0.825. The van der Waals surface area contributed by atoms with Gasteiger partial charge in [-0.05, 0) is 47.4 Å². The molecule has 0 saturated heterocycles. The SMILES string of the molecule is CC1(C2CCc3ccccc32)Cc2ccccc2C1O. The number of aliphatic hydroxyl groups is 1. The van der Waals surface area contributed by atoms with Crippen LogP contribution >= 0.6 is 0 Å². The average Bonchev–Trinajstić information content (AvgIpc) is 3.01. The summed E-state index contributed by atoms with van der Waals surface area (Å²) in [6.45, 7) is 2.27. The minimum atomic E-state index is -0.338. The molecule has 20 heavy (non-hydrogen) atoms. The van der Waals surface area contributed by atoms with E-state index in [1.807, 2.05) is 6.07 Å². The summed E-state index contributed by atoms with van der Waals surface area (Å²) in [5.41, 5.74) is 5.34. The highest BCUT2D eigenvalue weighted by atomic mass is 16.3. The van der Waals surface area contributed by atoms with Gasteiger partial charge in [-0.2, -0.15) is 0 Å². The lowest BCUT2D eigenvalue weighted by molar-refractivity contribution is 0.0311. The second-order valence-corrected chi connectivity index (χ2v) is 6.57. The van der Waals surface area contributed by atoms with Crippen LogP contribution in [0.2, 0.25) is 0 Å². The van der Waals surface area contributed by atoms with Crippen LogP contribution in [0.1, 0.15) is 47.6 Å². The Morgan fingerprint density at radius 3 is 2.35 bits per heavy atom. The maximum absolute atomic E-state index is 10.9. The molecule has 3 atom stereocenters. The largest absolute Gasteiger partial charge is 0.388 e. The van der Waals surface area contributed by atoms with Crippen molar-refractivity contribution in [2.45, 2.75) is 38.2 Å². The Hall–Kier alpha value is -1.60. The standard InChI is InChI=1S/C19H20O/c1-19(12-14-7-3-5-9-16(14)18(19)20)17-11-10-13-6-2-4-8-15(13)17/h2-9,17-18,20H,10-12H2,1H3. The first kappa shape index (κ1) is 12.2. The Labute approximate surface area is 120 Å². The van der Waals surface area contributed by atoms with Crippen molar-refractivity contribution in [3.63, 3.8) is 0 Å². The average molecular weight is 264 g/mol. The number of aryl methyl sites for hydroxylation is 1. The maximum Gasteiger partial charge on any atom is 0.0855 e. The van der Waals surface area contributed by atoms with Crippen molar-refractivity contribution in [3.8, 4) is 0 Å². The molecule has 0 bridgehead atoms. The third kappa shape index (κ3) is 1.53. The summed E-state index contributed by atoms with van der Waals surface area (Å²) in [6, 6.07) is 17.1. The summed E-state index contributed by atoms with van der Waals surface area (Å²) >= 11 is 0. The molecule has 2 aliphatic carbocycles. The number of hydrogen-bond acceptors (Lipinski definition) is 1. The number of rotatable bonds is 1. The highest BCUT2D eigenvalue weighted by molar-refractivity contribution is 5.43. The zero-order valence-corrected chi connectivity index (χ0v) is 11.8. The van der Waals surface area contributed by atoms with Crippen LogP contribution in [0.5, 0.6) is 0 Å². The van der Waals surface area contributed by atoms with Crippen LogP contribution in [-0.4, -0.2) is 5.11 Å². The second kappa shape index (κ2) is 4.20. The van der Waals surface area contributed by atoms with Crippen LogP contribution < -0.4 is 0 Å².